The van der Waals surface area contributed by atoms with E-state index in [2.05, 4.69) is 0 Å². The molecule has 0 aromatic carbocycles. The van der Waals surface area contributed by atoms with Crippen LogP contribution in [0.15, 0.2) is 21.7 Å². The van der Waals surface area contributed by atoms with Crippen LogP contribution in [0.5, 0.6) is 0 Å². The Morgan fingerprint density at radius 3 is 2.33 bits per heavy atom. The highest BCUT2D eigenvalue weighted by atomic mass is 32.2. The van der Waals surface area contributed by atoms with Crippen molar-refractivity contribution in [3.63, 3.8) is 0 Å². The summed E-state index contributed by atoms with van der Waals surface area (Å²) in [7, 11) is -2.13. The Balaban J connectivity index is 2.02. The van der Waals surface area contributed by atoms with Crippen LogP contribution >= 0.6 is 11.3 Å². The summed E-state index contributed by atoms with van der Waals surface area (Å²) in [5, 5.41) is 13.0. The van der Waals surface area contributed by atoms with E-state index in [1.54, 1.807) is 25.3 Å². The Morgan fingerprint density at radius 2 is 1.86 bits per heavy atom. The van der Waals surface area contributed by atoms with Gasteiger partial charge in [-0.25, -0.2) is 13.2 Å². The number of aromatic nitrogens is 1. The van der Waals surface area contributed by atoms with E-state index in [4.69, 9.17) is 5.11 Å². The number of carboxylic acid groups (broad SMARTS) is 1. The number of nitrogens with zero attached hydrogens (tertiary/aromatic N) is 2. The first-order chi connectivity index (χ1) is 9.82. The SMILES string of the molecule is Cc1c(S(=O)(=O)N2Cc3cscc3C2)cc(C(=O)O)n1C. The lowest BCUT2D eigenvalue weighted by atomic mass is 10.2. The zero-order chi connectivity index (χ0) is 15.4. The molecule has 3 rings (SSSR count). The van der Waals surface area contributed by atoms with Gasteiger partial charge in [-0.1, -0.05) is 0 Å². The maximum Gasteiger partial charge on any atom is 0.352 e. The average molecular weight is 326 g/mol. The van der Waals surface area contributed by atoms with Crippen LogP contribution in [0.25, 0.3) is 0 Å². The average Bonchev–Trinajstić information content (AvgIpc) is 3.04. The number of sulfonamides is 1. The third-order valence-electron chi connectivity index (χ3n) is 3.85. The van der Waals surface area contributed by atoms with E-state index in [0.29, 0.717) is 18.8 Å². The van der Waals surface area contributed by atoms with E-state index in [0.717, 1.165) is 11.1 Å². The van der Waals surface area contributed by atoms with Crippen LogP contribution in [0.2, 0.25) is 0 Å². The fraction of sp³-hybridized carbons (Fsp3) is 0.308. The van der Waals surface area contributed by atoms with Gasteiger partial charge in [-0.05, 0) is 34.9 Å². The van der Waals surface area contributed by atoms with Crippen molar-refractivity contribution in [2.75, 3.05) is 0 Å². The number of carboxylic acids is 1. The molecule has 2 aromatic rings. The van der Waals surface area contributed by atoms with Crippen molar-refractivity contribution in [3.8, 4) is 0 Å². The maximum atomic E-state index is 12.7. The molecule has 0 saturated heterocycles. The summed E-state index contributed by atoms with van der Waals surface area (Å²) >= 11 is 1.56. The highest BCUT2D eigenvalue weighted by Gasteiger charge is 2.34. The van der Waals surface area contributed by atoms with Crippen LogP contribution in [0.4, 0.5) is 0 Å². The predicted molar refractivity (Wildman–Crippen MR) is 77.9 cm³/mol. The molecule has 21 heavy (non-hydrogen) atoms. The predicted octanol–water partition coefficient (Wildman–Crippen LogP) is 1.80. The smallest absolute Gasteiger partial charge is 0.352 e. The molecule has 1 aliphatic rings. The third-order valence-corrected chi connectivity index (χ3v) is 6.60. The third kappa shape index (κ3) is 2.10. The minimum absolute atomic E-state index is 0.0283. The fourth-order valence-corrected chi connectivity index (χ4v) is 5.03. The highest BCUT2D eigenvalue weighted by molar-refractivity contribution is 7.89. The minimum Gasteiger partial charge on any atom is -0.477 e. The van der Waals surface area contributed by atoms with Crippen LogP contribution in [0.3, 0.4) is 0 Å². The van der Waals surface area contributed by atoms with Gasteiger partial charge in [0.1, 0.15) is 10.6 Å². The van der Waals surface area contributed by atoms with Crippen molar-refractivity contribution >= 4 is 27.3 Å². The lowest BCUT2D eigenvalue weighted by Crippen LogP contribution is -2.26. The van der Waals surface area contributed by atoms with Crippen LogP contribution in [0, 0.1) is 6.92 Å². The second-order valence-corrected chi connectivity index (χ2v) is 7.69. The van der Waals surface area contributed by atoms with Gasteiger partial charge in [-0.15, -0.1) is 0 Å². The number of carbonyl (C=O) groups is 1. The normalized spacial score (nSPS) is 15.3. The van der Waals surface area contributed by atoms with E-state index in [1.807, 2.05) is 10.8 Å². The molecule has 0 saturated carbocycles. The Labute approximate surface area is 126 Å². The Kier molecular flexibility index (Phi) is 3.19. The van der Waals surface area contributed by atoms with Crippen molar-refractivity contribution in [1.82, 2.24) is 8.87 Å². The molecular weight excluding hydrogens is 312 g/mol. The Morgan fingerprint density at radius 1 is 1.29 bits per heavy atom. The molecule has 0 amide bonds. The first kappa shape index (κ1) is 14.3. The molecule has 3 heterocycles. The molecule has 0 aliphatic carbocycles. The van der Waals surface area contributed by atoms with Gasteiger partial charge in [-0.2, -0.15) is 15.6 Å². The number of rotatable bonds is 3. The van der Waals surface area contributed by atoms with Crippen LogP contribution in [-0.4, -0.2) is 28.4 Å². The van der Waals surface area contributed by atoms with Gasteiger partial charge in [0.05, 0.1) is 0 Å². The van der Waals surface area contributed by atoms with E-state index in [9.17, 15) is 13.2 Å². The van der Waals surface area contributed by atoms with Crippen LogP contribution in [-0.2, 0) is 30.2 Å². The summed E-state index contributed by atoms with van der Waals surface area (Å²) in [6.07, 6.45) is 0. The Hall–Kier alpha value is -1.64. The summed E-state index contributed by atoms with van der Waals surface area (Å²) in [5.41, 5.74) is 2.45. The highest BCUT2D eigenvalue weighted by Crippen LogP contribution is 2.32. The van der Waals surface area contributed by atoms with Crippen molar-refractivity contribution in [1.29, 1.82) is 0 Å². The monoisotopic (exact) mass is 326 g/mol. The summed E-state index contributed by atoms with van der Waals surface area (Å²) in [6, 6.07) is 1.23. The molecule has 1 aliphatic heterocycles. The van der Waals surface area contributed by atoms with E-state index < -0.39 is 16.0 Å². The first-order valence-corrected chi connectivity index (χ1v) is 8.64. The van der Waals surface area contributed by atoms with Gasteiger partial charge >= 0.3 is 5.97 Å². The lowest BCUT2D eigenvalue weighted by Gasteiger charge is -2.15. The van der Waals surface area contributed by atoms with Crippen molar-refractivity contribution in [2.45, 2.75) is 24.9 Å². The van der Waals surface area contributed by atoms with Gasteiger partial charge in [0, 0.05) is 25.8 Å². The number of fused-ring (bicyclic) bond motifs is 1. The topological polar surface area (TPSA) is 79.6 Å². The number of thiophene rings is 1. The summed E-state index contributed by atoms with van der Waals surface area (Å²) in [6.45, 7) is 2.31. The van der Waals surface area contributed by atoms with E-state index in [-0.39, 0.29) is 10.6 Å². The fourth-order valence-electron chi connectivity index (χ4n) is 2.51. The molecular formula is C13H14N2O4S2. The van der Waals surface area contributed by atoms with E-state index >= 15 is 0 Å². The molecule has 0 unspecified atom stereocenters. The molecule has 0 atom stereocenters. The van der Waals surface area contributed by atoms with Gasteiger partial charge in [0.15, 0.2) is 0 Å². The van der Waals surface area contributed by atoms with Crippen molar-refractivity contribution < 1.29 is 18.3 Å². The van der Waals surface area contributed by atoms with E-state index in [1.165, 1.54) is 14.9 Å². The van der Waals surface area contributed by atoms with Gasteiger partial charge in [0.25, 0.3) is 0 Å². The van der Waals surface area contributed by atoms with Crippen LogP contribution in [0.1, 0.15) is 27.3 Å². The molecule has 0 radical (unpaired) electrons. The lowest BCUT2D eigenvalue weighted by molar-refractivity contribution is 0.0686. The zero-order valence-corrected chi connectivity index (χ0v) is 13.2. The van der Waals surface area contributed by atoms with Crippen LogP contribution < -0.4 is 0 Å². The molecule has 112 valence electrons. The first-order valence-electron chi connectivity index (χ1n) is 6.26. The van der Waals surface area contributed by atoms with Crippen molar-refractivity contribution in [2.24, 2.45) is 7.05 Å². The summed E-state index contributed by atoms with van der Waals surface area (Å²) in [5.74, 6) is -1.14. The molecule has 0 fully saturated rings. The second-order valence-electron chi connectivity index (χ2n) is 5.04. The Bertz CT molecular complexity index is 812. The van der Waals surface area contributed by atoms with Gasteiger partial charge < -0.3 is 9.67 Å². The maximum absolute atomic E-state index is 12.7. The van der Waals surface area contributed by atoms with Gasteiger partial charge in [0.2, 0.25) is 10.0 Å². The summed E-state index contributed by atoms with van der Waals surface area (Å²) < 4.78 is 28.2. The second kappa shape index (κ2) is 4.69. The standard InChI is InChI=1S/C13H14N2O4S2/c1-8-12(3-11(13(16)17)14(8)2)21(18,19)15-4-9-6-20-7-10(9)5-15/h3,6-7H,4-5H2,1-2H3,(H,16,17). The molecule has 0 bridgehead atoms. The zero-order valence-electron chi connectivity index (χ0n) is 11.5. The van der Waals surface area contributed by atoms with Crippen molar-refractivity contribution in [3.05, 3.63) is 39.3 Å². The number of hydrogen-bond acceptors (Lipinski definition) is 4. The number of hydrogen-bond donors (Lipinski definition) is 1. The molecule has 6 nitrogen and oxygen atoms in total. The largest absolute Gasteiger partial charge is 0.477 e. The molecule has 1 N–H and O–H groups in total. The summed E-state index contributed by atoms with van der Waals surface area (Å²) in [4.78, 5) is 11.2. The molecule has 0 spiro atoms. The minimum atomic E-state index is -3.69. The molecule has 2 aromatic heterocycles. The van der Waals surface area contributed by atoms with Gasteiger partial charge in [-0.3, -0.25) is 0 Å². The molecule has 8 heteroatoms. The number of aromatic carboxylic acids is 1. The quantitative estimate of drug-likeness (QED) is 0.933.